The number of halogens is 1. The molecule has 0 heterocycles. The summed E-state index contributed by atoms with van der Waals surface area (Å²) in [5.74, 6) is 1.17. The summed E-state index contributed by atoms with van der Waals surface area (Å²) >= 11 is 0. The third-order valence-electron chi connectivity index (χ3n) is 5.36. The number of fused-ring (bicyclic) bond motifs is 1. The lowest BCUT2D eigenvalue weighted by atomic mass is 9.78. The molecule has 0 radical (unpaired) electrons. The maximum Gasteiger partial charge on any atom is 0.128 e. The van der Waals surface area contributed by atoms with E-state index in [9.17, 15) is 4.39 Å². The SMILES string of the molecule is C=C(C)C1CC2CC2(C)C(OCc2ccccc2F)C1. The Morgan fingerprint density at radius 3 is 2.85 bits per heavy atom. The highest BCUT2D eigenvalue weighted by Crippen LogP contribution is 2.63. The van der Waals surface area contributed by atoms with Gasteiger partial charge in [-0.15, -0.1) is 0 Å². The summed E-state index contributed by atoms with van der Waals surface area (Å²) in [6.07, 6.45) is 3.78. The Morgan fingerprint density at radius 1 is 1.40 bits per heavy atom. The van der Waals surface area contributed by atoms with Gasteiger partial charge >= 0.3 is 0 Å². The van der Waals surface area contributed by atoms with Gasteiger partial charge in [0.05, 0.1) is 12.7 Å². The fourth-order valence-corrected chi connectivity index (χ4v) is 3.65. The molecule has 0 N–H and O–H groups in total. The Kier molecular flexibility index (Phi) is 3.45. The van der Waals surface area contributed by atoms with Gasteiger partial charge in [0.1, 0.15) is 5.82 Å². The summed E-state index contributed by atoms with van der Waals surface area (Å²) in [5.41, 5.74) is 2.24. The van der Waals surface area contributed by atoms with E-state index in [1.165, 1.54) is 24.5 Å². The number of benzene rings is 1. The molecule has 0 bridgehead atoms. The third kappa shape index (κ3) is 2.42. The molecule has 0 saturated heterocycles. The van der Waals surface area contributed by atoms with Crippen LogP contribution in [0.3, 0.4) is 0 Å². The molecule has 2 heteroatoms. The molecule has 2 aliphatic carbocycles. The van der Waals surface area contributed by atoms with E-state index in [0.717, 1.165) is 12.3 Å². The molecule has 1 aromatic carbocycles. The second kappa shape index (κ2) is 5.00. The molecule has 0 aliphatic heterocycles. The topological polar surface area (TPSA) is 9.23 Å². The first kappa shape index (κ1) is 13.8. The maximum atomic E-state index is 13.7. The van der Waals surface area contributed by atoms with Crippen LogP contribution in [0.1, 0.15) is 38.7 Å². The fourth-order valence-electron chi connectivity index (χ4n) is 3.65. The first-order valence-corrected chi connectivity index (χ1v) is 7.51. The predicted octanol–water partition coefficient (Wildman–Crippen LogP) is 4.72. The lowest BCUT2D eigenvalue weighted by Gasteiger charge is -2.34. The minimum Gasteiger partial charge on any atom is -0.373 e. The van der Waals surface area contributed by atoms with Crippen LogP contribution in [0.5, 0.6) is 0 Å². The molecule has 2 aliphatic rings. The number of hydrogen-bond acceptors (Lipinski definition) is 1. The summed E-state index contributed by atoms with van der Waals surface area (Å²) in [7, 11) is 0. The molecule has 2 fully saturated rings. The van der Waals surface area contributed by atoms with Crippen LogP contribution in [-0.2, 0) is 11.3 Å². The standard InChI is InChI=1S/C18H23FO/c1-12(2)14-8-15-10-18(15,3)17(9-14)20-11-13-6-4-5-7-16(13)19/h4-7,14-15,17H,1,8-11H2,2-3H3. The molecular weight excluding hydrogens is 251 g/mol. The molecule has 2 saturated carbocycles. The smallest absolute Gasteiger partial charge is 0.128 e. The monoisotopic (exact) mass is 274 g/mol. The predicted molar refractivity (Wildman–Crippen MR) is 78.7 cm³/mol. The van der Waals surface area contributed by atoms with E-state index in [1.54, 1.807) is 12.1 Å². The van der Waals surface area contributed by atoms with Crippen LogP contribution >= 0.6 is 0 Å². The molecule has 0 spiro atoms. The van der Waals surface area contributed by atoms with Crippen LogP contribution in [0, 0.1) is 23.1 Å². The van der Waals surface area contributed by atoms with Crippen molar-refractivity contribution in [2.45, 2.75) is 45.8 Å². The largest absolute Gasteiger partial charge is 0.373 e. The van der Waals surface area contributed by atoms with E-state index in [0.29, 0.717) is 23.5 Å². The lowest BCUT2D eigenvalue weighted by Crippen LogP contribution is -2.32. The lowest BCUT2D eigenvalue weighted by molar-refractivity contribution is -0.0365. The molecule has 20 heavy (non-hydrogen) atoms. The van der Waals surface area contributed by atoms with Crippen molar-refractivity contribution >= 4 is 0 Å². The number of ether oxygens (including phenoxy) is 1. The highest BCUT2D eigenvalue weighted by molar-refractivity contribution is 5.17. The van der Waals surface area contributed by atoms with Crippen molar-refractivity contribution < 1.29 is 9.13 Å². The molecule has 4 atom stereocenters. The number of hydrogen-bond donors (Lipinski definition) is 0. The van der Waals surface area contributed by atoms with Gasteiger partial charge in [-0.3, -0.25) is 0 Å². The average molecular weight is 274 g/mol. The summed E-state index contributed by atoms with van der Waals surface area (Å²) in [6, 6.07) is 6.88. The molecule has 1 aromatic rings. The van der Waals surface area contributed by atoms with Crippen molar-refractivity contribution in [1.29, 1.82) is 0 Å². The van der Waals surface area contributed by atoms with Crippen LogP contribution in [0.25, 0.3) is 0 Å². The molecule has 1 nitrogen and oxygen atoms in total. The highest BCUT2D eigenvalue weighted by atomic mass is 19.1. The van der Waals surface area contributed by atoms with Gasteiger partial charge < -0.3 is 4.74 Å². The van der Waals surface area contributed by atoms with Crippen LogP contribution in [-0.4, -0.2) is 6.10 Å². The zero-order chi connectivity index (χ0) is 14.3. The van der Waals surface area contributed by atoms with E-state index in [4.69, 9.17) is 4.74 Å². The van der Waals surface area contributed by atoms with Crippen molar-refractivity contribution in [3.63, 3.8) is 0 Å². The van der Waals surface area contributed by atoms with Gasteiger partial charge in [-0.1, -0.05) is 37.3 Å². The van der Waals surface area contributed by atoms with E-state index in [2.05, 4.69) is 20.4 Å². The van der Waals surface area contributed by atoms with Gasteiger partial charge in [-0.2, -0.15) is 0 Å². The first-order valence-electron chi connectivity index (χ1n) is 7.51. The van der Waals surface area contributed by atoms with Gasteiger partial charge in [0.25, 0.3) is 0 Å². The molecule has 4 unspecified atom stereocenters. The number of allylic oxidation sites excluding steroid dienone is 1. The van der Waals surface area contributed by atoms with Crippen molar-refractivity contribution in [3.8, 4) is 0 Å². The van der Waals surface area contributed by atoms with Crippen LogP contribution in [0.15, 0.2) is 36.4 Å². The Balaban J connectivity index is 1.67. The summed E-state index contributed by atoms with van der Waals surface area (Å²) < 4.78 is 19.8. The van der Waals surface area contributed by atoms with Gasteiger partial charge in [0.2, 0.25) is 0 Å². The van der Waals surface area contributed by atoms with Gasteiger partial charge in [-0.25, -0.2) is 4.39 Å². The van der Waals surface area contributed by atoms with E-state index < -0.39 is 0 Å². The van der Waals surface area contributed by atoms with Gasteiger partial charge in [0, 0.05) is 5.56 Å². The van der Waals surface area contributed by atoms with Crippen molar-refractivity contribution in [2.24, 2.45) is 17.3 Å². The quantitative estimate of drug-likeness (QED) is 0.722. The Labute approximate surface area is 120 Å². The molecule has 3 rings (SSSR count). The van der Waals surface area contributed by atoms with E-state index >= 15 is 0 Å². The maximum absolute atomic E-state index is 13.7. The van der Waals surface area contributed by atoms with Gasteiger partial charge in [-0.05, 0) is 49.5 Å². The summed E-state index contributed by atoms with van der Waals surface area (Å²) in [4.78, 5) is 0. The summed E-state index contributed by atoms with van der Waals surface area (Å²) in [6.45, 7) is 8.92. The first-order chi connectivity index (χ1) is 9.50. The van der Waals surface area contributed by atoms with Crippen LogP contribution in [0.4, 0.5) is 4.39 Å². The minimum atomic E-state index is -0.169. The second-order valence-corrected chi connectivity index (χ2v) is 6.81. The zero-order valence-electron chi connectivity index (χ0n) is 12.4. The van der Waals surface area contributed by atoms with Crippen molar-refractivity contribution in [1.82, 2.24) is 0 Å². The van der Waals surface area contributed by atoms with E-state index in [1.807, 2.05) is 6.07 Å². The number of rotatable bonds is 4. The van der Waals surface area contributed by atoms with Crippen molar-refractivity contribution in [3.05, 3.63) is 47.8 Å². The Bertz CT molecular complexity index is 524. The Morgan fingerprint density at radius 2 is 2.15 bits per heavy atom. The van der Waals surface area contributed by atoms with Gasteiger partial charge in [0.15, 0.2) is 0 Å². The minimum absolute atomic E-state index is 0.169. The van der Waals surface area contributed by atoms with E-state index in [-0.39, 0.29) is 11.9 Å². The molecule has 0 aromatic heterocycles. The second-order valence-electron chi connectivity index (χ2n) is 6.81. The fraction of sp³-hybridized carbons (Fsp3) is 0.556. The zero-order valence-corrected chi connectivity index (χ0v) is 12.4. The molecule has 0 amide bonds. The van der Waals surface area contributed by atoms with Crippen LogP contribution < -0.4 is 0 Å². The summed E-state index contributed by atoms with van der Waals surface area (Å²) in [5, 5.41) is 0. The third-order valence-corrected chi connectivity index (χ3v) is 5.36. The van der Waals surface area contributed by atoms with Crippen molar-refractivity contribution in [2.75, 3.05) is 0 Å². The normalized spacial score (nSPS) is 35.5. The average Bonchev–Trinajstić information content (AvgIpc) is 3.08. The molecular formula is C18H23FO. The highest BCUT2D eigenvalue weighted by Gasteiger charge is 2.59. The molecule has 108 valence electrons. The Hall–Kier alpha value is -1.15. The van der Waals surface area contributed by atoms with Crippen LogP contribution in [0.2, 0.25) is 0 Å².